The van der Waals surface area contributed by atoms with E-state index in [0.717, 1.165) is 0 Å². The third-order valence-electron chi connectivity index (χ3n) is 1.89. The molecule has 78 valence electrons. The van der Waals surface area contributed by atoms with E-state index in [1.54, 1.807) is 23.1 Å². The van der Waals surface area contributed by atoms with Crippen molar-refractivity contribution in [2.24, 2.45) is 0 Å². The molecule has 0 aliphatic carbocycles. The van der Waals surface area contributed by atoms with E-state index in [0.29, 0.717) is 23.9 Å². The number of hydrogen-bond donors (Lipinski definition) is 0. The fourth-order valence-electron chi connectivity index (χ4n) is 1.16. The molecule has 4 nitrogen and oxygen atoms in total. The summed E-state index contributed by atoms with van der Waals surface area (Å²) in [6, 6.07) is 7.39. The average Bonchev–Trinajstić information content (AvgIpc) is 2.74. The maximum Gasteiger partial charge on any atom is 0.137 e. The SMILES string of the molecule is Clc1ccccc1OCCn1ccnn1. The molecule has 0 saturated carbocycles. The molecular weight excluding hydrogens is 214 g/mol. The van der Waals surface area contributed by atoms with Gasteiger partial charge in [0.1, 0.15) is 12.4 Å². The van der Waals surface area contributed by atoms with E-state index in [9.17, 15) is 0 Å². The molecule has 0 unspecified atom stereocenters. The first-order chi connectivity index (χ1) is 7.36. The van der Waals surface area contributed by atoms with E-state index < -0.39 is 0 Å². The Morgan fingerprint density at radius 3 is 2.93 bits per heavy atom. The van der Waals surface area contributed by atoms with E-state index >= 15 is 0 Å². The summed E-state index contributed by atoms with van der Waals surface area (Å²) in [5.74, 6) is 0.694. The summed E-state index contributed by atoms with van der Waals surface area (Å²) in [6.07, 6.45) is 3.42. The highest BCUT2D eigenvalue weighted by molar-refractivity contribution is 6.32. The van der Waals surface area contributed by atoms with Crippen LogP contribution in [0.3, 0.4) is 0 Å². The van der Waals surface area contributed by atoms with Crippen LogP contribution in [0.2, 0.25) is 5.02 Å². The standard InChI is InChI=1S/C10H10ClN3O/c11-9-3-1-2-4-10(9)15-8-7-14-6-5-12-13-14/h1-6H,7-8H2. The van der Waals surface area contributed by atoms with Gasteiger partial charge in [0.25, 0.3) is 0 Å². The van der Waals surface area contributed by atoms with E-state index in [2.05, 4.69) is 10.3 Å². The zero-order valence-corrected chi connectivity index (χ0v) is 8.76. The molecule has 1 aromatic heterocycles. The Kier molecular flexibility index (Phi) is 3.19. The maximum absolute atomic E-state index is 5.93. The van der Waals surface area contributed by atoms with Crippen molar-refractivity contribution in [3.63, 3.8) is 0 Å². The molecule has 1 aromatic carbocycles. The van der Waals surface area contributed by atoms with E-state index in [4.69, 9.17) is 16.3 Å². The number of rotatable bonds is 4. The van der Waals surface area contributed by atoms with Crippen LogP contribution in [0.15, 0.2) is 36.7 Å². The van der Waals surface area contributed by atoms with Crippen LogP contribution in [-0.4, -0.2) is 21.6 Å². The first kappa shape index (κ1) is 9.98. The van der Waals surface area contributed by atoms with Crippen LogP contribution in [0.1, 0.15) is 0 Å². The summed E-state index contributed by atoms with van der Waals surface area (Å²) in [4.78, 5) is 0. The average molecular weight is 224 g/mol. The third-order valence-corrected chi connectivity index (χ3v) is 2.20. The molecule has 0 fully saturated rings. The Morgan fingerprint density at radius 2 is 2.20 bits per heavy atom. The Bertz CT molecular complexity index is 416. The smallest absolute Gasteiger partial charge is 0.137 e. The van der Waals surface area contributed by atoms with Gasteiger partial charge in [0.05, 0.1) is 17.8 Å². The van der Waals surface area contributed by atoms with Crippen molar-refractivity contribution in [1.82, 2.24) is 15.0 Å². The molecule has 1 heterocycles. The normalized spacial score (nSPS) is 10.2. The second-order valence-electron chi connectivity index (χ2n) is 2.95. The molecule has 0 amide bonds. The van der Waals surface area contributed by atoms with Crippen molar-refractivity contribution < 1.29 is 4.74 Å². The second-order valence-corrected chi connectivity index (χ2v) is 3.35. The van der Waals surface area contributed by atoms with Gasteiger partial charge < -0.3 is 4.74 Å². The Labute approximate surface area is 92.4 Å². The third kappa shape index (κ3) is 2.70. The van der Waals surface area contributed by atoms with Gasteiger partial charge in [-0.1, -0.05) is 28.9 Å². The minimum absolute atomic E-state index is 0.521. The van der Waals surface area contributed by atoms with E-state index in [-0.39, 0.29) is 0 Å². The summed E-state index contributed by atoms with van der Waals surface area (Å²) in [5.41, 5.74) is 0. The van der Waals surface area contributed by atoms with Crippen LogP contribution >= 0.6 is 11.6 Å². The van der Waals surface area contributed by atoms with Gasteiger partial charge in [-0.3, -0.25) is 0 Å². The van der Waals surface area contributed by atoms with Crippen molar-refractivity contribution in [2.45, 2.75) is 6.54 Å². The maximum atomic E-state index is 5.93. The number of halogens is 1. The fourth-order valence-corrected chi connectivity index (χ4v) is 1.35. The van der Waals surface area contributed by atoms with Gasteiger partial charge in [-0.2, -0.15) is 0 Å². The quantitative estimate of drug-likeness (QED) is 0.796. The molecule has 0 saturated heterocycles. The number of hydrogen-bond acceptors (Lipinski definition) is 3. The highest BCUT2D eigenvalue weighted by Gasteiger charge is 1.99. The molecular formula is C10H10ClN3O. The molecule has 5 heteroatoms. The first-order valence-corrected chi connectivity index (χ1v) is 4.95. The summed E-state index contributed by atoms with van der Waals surface area (Å²) in [5, 5.41) is 8.14. The highest BCUT2D eigenvalue weighted by atomic mass is 35.5. The van der Waals surface area contributed by atoms with E-state index in [1.807, 2.05) is 18.2 Å². The monoisotopic (exact) mass is 223 g/mol. The van der Waals surface area contributed by atoms with Crippen molar-refractivity contribution in [3.8, 4) is 5.75 Å². The van der Waals surface area contributed by atoms with Crippen LogP contribution in [0, 0.1) is 0 Å². The Balaban J connectivity index is 1.86. The van der Waals surface area contributed by atoms with Crippen LogP contribution < -0.4 is 4.74 Å². The predicted octanol–water partition coefficient (Wildman–Crippen LogP) is 2.01. The number of benzene rings is 1. The molecule has 0 bridgehead atoms. The molecule has 0 aliphatic heterocycles. The van der Waals surface area contributed by atoms with Gasteiger partial charge in [-0.05, 0) is 12.1 Å². The molecule has 0 spiro atoms. The zero-order chi connectivity index (χ0) is 10.5. The van der Waals surface area contributed by atoms with Crippen molar-refractivity contribution in [1.29, 1.82) is 0 Å². The number of nitrogens with zero attached hydrogens (tertiary/aromatic N) is 3. The zero-order valence-electron chi connectivity index (χ0n) is 8.01. The van der Waals surface area contributed by atoms with Crippen LogP contribution in [-0.2, 0) is 6.54 Å². The molecule has 0 aliphatic rings. The van der Waals surface area contributed by atoms with Gasteiger partial charge >= 0.3 is 0 Å². The minimum Gasteiger partial charge on any atom is -0.490 e. The number of ether oxygens (including phenoxy) is 1. The fraction of sp³-hybridized carbons (Fsp3) is 0.200. The predicted molar refractivity (Wildman–Crippen MR) is 57.0 cm³/mol. The lowest BCUT2D eigenvalue weighted by Gasteiger charge is -2.06. The van der Waals surface area contributed by atoms with Gasteiger partial charge in [0.15, 0.2) is 0 Å². The Hall–Kier alpha value is -1.55. The van der Waals surface area contributed by atoms with Gasteiger partial charge in [0, 0.05) is 6.20 Å². The molecule has 0 atom stereocenters. The van der Waals surface area contributed by atoms with Gasteiger partial charge in [-0.15, -0.1) is 5.10 Å². The van der Waals surface area contributed by atoms with Crippen LogP contribution in [0.25, 0.3) is 0 Å². The molecule has 2 aromatic rings. The van der Waals surface area contributed by atoms with Crippen LogP contribution in [0.4, 0.5) is 0 Å². The lowest BCUT2D eigenvalue weighted by molar-refractivity contribution is 0.290. The van der Waals surface area contributed by atoms with Crippen molar-refractivity contribution in [3.05, 3.63) is 41.7 Å². The number of aromatic nitrogens is 3. The molecule has 0 radical (unpaired) electrons. The summed E-state index contributed by atoms with van der Waals surface area (Å²) in [7, 11) is 0. The summed E-state index contributed by atoms with van der Waals surface area (Å²) < 4.78 is 7.19. The topological polar surface area (TPSA) is 39.9 Å². The summed E-state index contributed by atoms with van der Waals surface area (Å²) in [6.45, 7) is 1.18. The lowest BCUT2D eigenvalue weighted by atomic mass is 10.3. The van der Waals surface area contributed by atoms with Gasteiger partial charge in [0.2, 0.25) is 0 Å². The van der Waals surface area contributed by atoms with Crippen molar-refractivity contribution >= 4 is 11.6 Å². The number of para-hydroxylation sites is 1. The highest BCUT2D eigenvalue weighted by Crippen LogP contribution is 2.22. The molecule has 15 heavy (non-hydrogen) atoms. The van der Waals surface area contributed by atoms with Crippen molar-refractivity contribution in [2.75, 3.05) is 6.61 Å². The lowest BCUT2D eigenvalue weighted by Crippen LogP contribution is -2.08. The minimum atomic E-state index is 0.521. The molecule has 2 rings (SSSR count). The largest absolute Gasteiger partial charge is 0.490 e. The van der Waals surface area contributed by atoms with Gasteiger partial charge in [-0.25, -0.2) is 4.68 Å². The first-order valence-electron chi connectivity index (χ1n) is 4.58. The Morgan fingerprint density at radius 1 is 1.33 bits per heavy atom. The van der Waals surface area contributed by atoms with E-state index in [1.165, 1.54) is 0 Å². The van der Waals surface area contributed by atoms with Crippen LogP contribution in [0.5, 0.6) is 5.75 Å². The summed E-state index contributed by atoms with van der Waals surface area (Å²) >= 11 is 5.93. The molecule has 0 N–H and O–H groups in total. The second kappa shape index (κ2) is 4.79.